The van der Waals surface area contributed by atoms with Crippen LogP contribution in [0.4, 0.5) is 0 Å². The zero-order valence-corrected chi connectivity index (χ0v) is 8.75. The van der Waals surface area contributed by atoms with Crippen molar-refractivity contribution in [1.82, 2.24) is 10.6 Å². The molecule has 0 saturated carbocycles. The number of hydrogen-bond donors (Lipinski definition) is 3. The van der Waals surface area contributed by atoms with Gasteiger partial charge in [0.15, 0.2) is 0 Å². The predicted molar refractivity (Wildman–Crippen MR) is 54.9 cm³/mol. The van der Waals surface area contributed by atoms with Crippen LogP contribution in [0.25, 0.3) is 0 Å². The molecule has 1 heterocycles. The van der Waals surface area contributed by atoms with Gasteiger partial charge in [-0.3, -0.25) is 4.79 Å². The van der Waals surface area contributed by atoms with Gasteiger partial charge in [-0.1, -0.05) is 19.3 Å². The summed E-state index contributed by atoms with van der Waals surface area (Å²) in [6.45, 7) is 0.687. The lowest BCUT2D eigenvalue weighted by molar-refractivity contribution is -0.130. The Morgan fingerprint density at radius 2 is 2.07 bits per heavy atom. The van der Waals surface area contributed by atoms with Gasteiger partial charge in [-0.2, -0.15) is 0 Å². The highest BCUT2D eigenvalue weighted by molar-refractivity contribution is 5.81. The van der Waals surface area contributed by atoms with Gasteiger partial charge in [0.25, 0.3) is 0 Å². The van der Waals surface area contributed by atoms with Crippen LogP contribution in [-0.4, -0.2) is 36.8 Å². The fourth-order valence-corrected chi connectivity index (χ4v) is 1.80. The van der Waals surface area contributed by atoms with Gasteiger partial charge in [-0.05, 0) is 19.9 Å². The van der Waals surface area contributed by atoms with E-state index in [0.29, 0.717) is 6.54 Å². The monoisotopic (exact) mass is 200 g/mol. The SMILES string of the molecule is CN[C@H]1CCCCCCNC(=O)C1O. The van der Waals surface area contributed by atoms with E-state index in [1.165, 1.54) is 6.42 Å². The van der Waals surface area contributed by atoms with Crippen LogP contribution in [0.3, 0.4) is 0 Å². The molecule has 0 aliphatic carbocycles. The molecule has 1 amide bonds. The molecule has 1 saturated heterocycles. The van der Waals surface area contributed by atoms with Crippen LogP contribution in [0.15, 0.2) is 0 Å². The summed E-state index contributed by atoms with van der Waals surface area (Å²) < 4.78 is 0. The van der Waals surface area contributed by atoms with Gasteiger partial charge in [0.2, 0.25) is 5.91 Å². The van der Waals surface area contributed by atoms with Gasteiger partial charge in [0, 0.05) is 12.6 Å². The van der Waals surface area contributed by atoms with E-state index in [2.05, 4.69) is 10.6 Å². The first-order valence-electron chi connectivity index (χ1n) is 5.38. The number of carbonyl (C=O) groups is 1. The molecule has 82 valence electrons. The van der Waals surface area contributed by atoms with Crippen molar-refractivity contribution in [3.63, 3.8) is 0 Å². The zero-order chi connectivity index (χ0) is 10.4. The van der Waals surface area contributed by atoms with Gasteiger partial charge in [0.1, 0.15) is 6.10 Å². The average Bonchev–Trinajstić information content (AvgIpc) is 2.20. The van der Waals surface area contributed by atoms with E-state index in [1.54, 1.807) is 7.05 Å². The highest BCUT2D eigenvalue weighted by Crippen LogP contribution is 2.10. The second kappa shape index (κ2) is 5.98. The first kappa shape index (κ1) is 11.5. The second-order valence-electron chi connectivity index (χ2n) is 3.83. The minimum atomic E-state index is -0.905. The molecule has 1 unspecified atom stereocenters. The number of carbonyl (C=O) groups excluding carboxylic acids is 1. The van der Waals surface area contributed by atoms with Crippen LogP contribution < -0.4 is 10.6 Å². The Hall–Kier alpha value is -0.610. The van der Waals surface area contributed by atoms with Crippen molar-refractivity contribution in [3.05, 3.63) is 0 Å². The largest absolute Gasteiger partial charge is 0.382 e. The minimum absolute atomic E-state index is 0.104. The molecule has 4 heteroatoms. The normalized spacial score (nSPS) is 30.9. The van der Waals surface area contributed by atoms with Crippen molar-refractivity contribution in [2.24, 2.45) is 0 Å². The molecule has 4 nitrogen and oxygen atoms in total. The Morgan fingerprint density at radius 3 is 2.79 bits per heavy atom. The molecule has 1 rings (SSSR count). The molecule has 1 fully saturated rings. The second-order valence-corrected chi connectivity index (χ2v) is 3.83. The van der Waals surface area contributed by atoms with Crippen molar-refractivity contribution in [1.29, 1.82) is 0 Å². The van der Waals surface area contributed by atoms with E-state index >= 15 is 0 Å². The van der Waals surface area contributed by atoms with Crippen LogP contribution in [-0.2, 0) is 4.79 Å². The number of aliphatic hydroxyl groups excluding tert-OH is 1. The molecule has 0 bridgehead atoms. The summed E-state index contributed by atoms with van der Waals surface area (Å²) in [4.78, 5) is 11.4. The molecule has 1 aliphatic rings. The number of rotatable bonds is 1. The average molecular weight is 200 g/mol. The third kappa shape index (κ3) is 3.27. The summed E-state index contributed by atoms with van der Waals surface area (Å²) in [5, 5.41) is 15.4. The number of likely N-dealkylation sites (N-methyl/N-ethyl adjacent to an activating group) is 1. The fraction of sp³-hybridized carbons (Fsp3) is 0.900. The standard InChI is InChI=1S/C10H20N2O2/c1-11-8-6-4-2-3-5-7-12-10(14)9(8)13/h8-9,11,13H,2-7H2,1H3,(H,12,14)/t8-,9?/m0/s1. The summed E-state index contributed by atoms with van der Waals surface area (Å²) in [6, 6.07) is -0.104. The van der Waals surface area contributed by atoms with E-state index in [0.717, 1.165) is 25.7 Å². The Bertz CT molecular complexity index is 185. The van der Waals surface area contributed by atoms with Gasteiger partial charge < -0.3 is 15.7 Å². The summed E-state index contributed by atoms with van der Waals surface area (Å²) in [5.74, 6) is -0.244. The third-order valence-corrected chi connectivity index (χ3v) is 2.76. The Kier molecular flexibility index (Phi) is 4.90. The molecule has 0 spiro atoms. The molecule has 0 radical (unpaired) electrons. The van der Waals surface area contributed by atoms with Gasteiger partial charge in [-0.25, -0.2) is 0 Å². The topological polar surface area (TPSA) is 61.4 Å². The van der Waals surface area contributed by atoms with Crippen molar-refractivity contribution < 1.29 is 9.90 Å². The third-order valence-electron chi connectivity index (χ3n) is 2.76. The van der Waals surface area contributed by atoms with Crippen LogP contribution in [0.2, 0.25) is 0 Å². The Morgan fingerprint density at radius 1 is 1.36 bits per heavy atom. The molecule has 0 aromatic rings. The van der Waals surface area contributed by atoms with E-state index in [4.69, 9.17) is 0 Å². The predicted octanol–water partition coefficient (Wildman–Crippen LogP) is 0.0156. The summed E-state index contributed by atoms with van der Waals surface area (Å²) in [7, 11) is 1.78. The van der Waals surface area contributed by atoms with Crippen LogP contribution in [0, 0.1) is 0 Å². The van der Waals surface area contributed by atoms with Crippen molar-refractivity contribution in [3.8, 4) is 0 Å². The first-order chi connectivity index (χ1) is 6.75. The van der Waals surface area contributed by atoms with E-state index in [-0.39, 0.29) is 11.9 Å². The smallest absolute Gasteiger partial charge is 0.250 e. The molecule has 0 aromatic heterocycles. The number of hydrogen-bond acceptors (Lipinski definition) is 3. The number of aliphatic hydroxyl groups is 1. The molecule has 3 N–H and O–H groups in total. The maximum Gasteiger partial charge on any atom is 0.250 e. The van der Waals surface area contributed by atoms with Gasteiger partial charge in [0.05, 0.1) is 0 Å². The van der Waals surface area contributed by atoms with Crippen molar-refractivity contribution in [2.75, 3.05) is 13.6 Å². The lowest BCUT2D eigenvalue weighted by Crippen LogP contribution is -2.48. The molecular weight excluding hydrogens is 180 g/mol. The highest BCUT2D eigenvalue weighted by atomic mass is 16.3. The maximum absolute atomic E-state index is 11.4. The van der Waals surface area contributed by atoms with Crippen molar-refractivity contribution >= 4 is 5.91 Å². The lowest BCUT2D eigenvalue weighted by Gasteiger charge is -2.23. The molecule has 1 aliphatic heterocycles. The van der Waals surface area contributed by atoms with Gasteiger partial charge in [-0.15, -0.1) is 0 Å². The highest BCUT2D eigenvalue weighted by Gasteiger charge is 2.24. The molecular formula is C10H20N2O2. The van der Waals surface area contributed by atoms with E-state index in [1.807, 2.05) is 0 Å². The Balaban J connectivity index is 2.51. The Labute approximate surface area is 85.1 Å². The van der Waals surface area contributed by atoms with E-state index in [9.17, 15) is 9.90 Å². The van der Waals surface area contributed by atoms with Crippen molar-refractivity contribution in [2.45, 2.75) is 44.2 Å². The molecule has 2 atom stereocenters. The van der Waals surface area contributed by atoms with E-state index < -0.39 is 6.10 Å². The van der Waals surface area contributed by atoms with Gasteiger partial charge >= 0.3 is 0 Å². The zero-order valence-electron chi connectivity index (χ0n) is 8.75. The minimum Gasteiger partial charge on any atom is -0.382 e. The lowest BCUT2D eigenvalue weighted by atomic mass is 10.0. The number of amides is 1. The number of nitrogens with one attached hydrogen (secondary N) is 2. The summed E-state index contributed by atoms with van der Waals surface area (Å²) >= 11 is 0. The van der Waals surface area contributed by atoms with Crippen LogP contribution >= 0.6 is 0 Å². The first-order valence-corrected chi connectivity index (χ1v) is 5.38. The molecule has 14 heavy (non-hydrogen) atoms. The quantitative estimate of drug-likeness (QED) is 0.559. The van der Waals surface area contributed by atoms with Crippen LogP contribution in [0.5, 0.6) is 0 Å². The summed E-state index contributed by atoms with van der Waals surface area (Å²) in [6.07, 6.45) is 4.40. The maximum atomic E-state index is 11.4. The molecule has 0 aromatic carbocycles. The van der Waals surface area contributed by atoms with Crippen LogP contribution in [0.1, 0.15) is 32.1 Å². The fourth-order valence-electron chi connectivity index (χ4n) is 1.80. The summed E-state index contributed by atoms with van der Waals surface area (Å²) in [5.41, 5.74) is 0.